The molecule has 1 aromatic rings. The Balaban J connectivity index is 2.82. The molecule has 6 heteroatoms. The molecule has 0 aromatic heterocycles. The molecule has 1 amide bonds. The zero-order valence-electron chi connectivity index (χ0n) is 8.71. The maximum Gasteiger partial charge on any atom is 0.405 e. The van der Waals surface area contributed by atoms with Crippen molar-refractivity contribution in [2.24, 2.45) is 10.9 Å². The Morgan fingerprint density at radius 2 is 2.00 bits per heavy atom. The highest BCUT2D eigenvalue weighted by molar-refractivity contribution is 5.96. The highest BCUT2D eigenvalue weighted by atomic mass is 16.4. The summed E-state index contributed by atoms with van der Waals surface area (Å²) in [5.41, 5.74) is 6.77. The number of amides is 1. The molecular weight excluding hydrogens is 210 g/mol. The maximum atomic E-state index is 10.4. The molecule has 1 aromatic carbocycles. The van der Waals surface area contributed by atoms with Crippen LogP contribution in [0.2, 0.25) is 0 Å². The summed E-state index contributed by atoms with van der Waals surface area (Å²) in [6.07, 6.45) is -1.08. The maximum absolute atomic E-state index is 10.4. The lowest BCUT2D eigenvalue weighted by atomic mass is 10.1. The first-order chi connectivity index (χ1) is 7.54. The second-order valence-electron chi connectivity index (χ2n) is 3.28. The molecule has 0 radical (unpaired) electrons. The summed E-state index contributed by atoms with van der Waals surface area (Å²) in [5.74, 6) is 0.0189. The topological polar surface area (TPSA) is 108 Å². The van der Waals surface area contributed by atoms with Crippen molar-refractivity contribution in [3.63, 3.8) is 0 Å². The molecule has 0 aliphatic rings. The summed E-state index contributed by atoms with van der Waals surface area (Å²) in [6.45, 7) is 1.73. The van der Waals surface area contributed by atoms with Crippen LogP contribution in [0.15, 0.2) is 29.4 Å². The van der Waals surface area contributed by atoms with Crippen LogP contribution in [-0.4, -0.2) is 22.2 Å². The highest BCUT2D eigenvalue weighted by Crippen LogP contribution is 2.13. The van der Waals surface area contributed by atoms with Crippen molar-refractivity contribution >= 4 is 11.9 Å². The normalized spacial score (nSPS) is 13.2. The third-order valence-electron chi connectivity index (χ3n) is 2.15. The van der Waals surface area contributed by atoms with E-state index in [0.29, 0.717) is 5.56 Å². The molecule has 0 saturated heterocycles. The number of nitrogens with one attached hydrogen (secondary N) is 1. The molecule has 16 heavy (non-hydrogen) atoms. The molecule has 1 unspecified atom stereocenters. The molecule has 0 saturated carbocycles. The van der Waals surface area contributed by atoms with Crippen molar-refractivity contribution in [3.05, 3.63) is 35.4 Å². The third-order valence-corrected chi connectivity index (χ3v) is 2.15. The minimum Gasteiger partial charge on any atom is -0.465 e. The molecule has 1 rings (SSSR count). The Morgan fingerprint density at radius 1 is 1.44 bits per heavy atom. The van der Waals surface area contributed by atoms with E-state index in [9.17, 15) is 4.79 Å². The van der Waals surface area contributed by atoms with Gasteiger partial charge in [0.2, 0.25) is 0 Å². The molecule has 0 aliphatic heterocycles. The lowest BCUT2D eigenvalue weighted by Gasteiger charge is -2.11. The first-order valence-electron chi connectivity index (χ1n) is 4.62. The van der Waals surface area contributed by atoms with Crippen molar-refractivity contribution in [2.45, 2.75) is 13.0 Å². The average Bonchev–Trinajstić information content (AvgIpc) is 2.27. The predicted octanol–water partition coefficient (Wildman–Crippen LogP) is 1.11. The molecule has 0 fully saturated rings. The largest absolute Gasteiger partial charge is 0.465 e. The second-order valence-corrected chi connectivity index (χ2v) is 3.28. The van der Waals surface area contributed by atoms with Gasteiger partial charge >= 0.3 is 6.09 Å². The monoisotopic (exact) mass is 223 g/mol. The number of nitrogens with zero attached hydrogens (tertiary/aromatic N) is 1. The SMILES string of the molecule is CC(NC(=O)O)c1ccc(/C(N)=N\O)cc1. The zero-order chi connectivity index (χ0) is 12.1. The van der Waals surface area contributed by atoms with Gasteiger partial charge in [0.1, 0.15) is 0 Å². The average molecular weight is 223 g/mol. The van der Waals surface area contributed by atoms with Gasteiger partial charge in [-0.25, -0.2) is 4.79 Å². The van der Waals surface area contributed by atoms with Gasteiger partial charge < -0.3 is 21.4 Å². The Kier molecular flexibility index (Phi) is 3.71. The van der Waals surface area contributed by atoms with Crippen LogP contribution in [0.25, 0.3) is 0 Å². The number of hydrogen-bond acceptors (Lipinski definition) is 3. The van der Waals surface area contributed by atoms with Crippen LogP contribution in [0.1, 0.15) is 24.1 Å². The molecule has 0 spiro atoms. The van der Waals surface area contributed by atoms with Crippen LogP contribution in [-0.2, 0) is 0 Å². The van der Waals surface area contributed by atoms with Gasteiger partial charge in [-0.2, -0.15) is 0 Å². The van der Waals surface area contributed by atoms with Gasteiger partial charge in [-0.1, -0.05) is 29.4 Å². The van der Waals surface area contributed by atoms with Crippen molar-refractivity contribution in [3.8, 4) is 0 Å². The fraction of sp³-hybridized carbons (Fsp3) is 0.200. The predicted molar refractivity (Wildman–Crippen MR) is 58.5 cm³/mol. The Hall–Kier alpha value is -2.24. The standard InChI is InChI=1S/C10H13N3O3/c1-6(12-10(14)15)7-2-4-8(5-3-7)9(11)13-16/h2-6,12,16H,1H3,(H2,11,13)(H,14,15). The number of carbonyl (C=O) groups is 1. The van der Waals surface area contributed by atoms with Crippen molar-refractivity contribution in [2.75, 3.05) is 0 Å². The van der Waals surface area contributed by atoms with Gasteiger partial charge in [-0.05, 0) is 12.5 Å². The number of benzene rings is 1. The quantitative estimate of drug-likeness (QED) is 0.266. The summed E-state index contributed by atoms with van der Waals surface area (Å²) in [5, 5.41) is 22.2. The third kappa shape index (κ3) is 2.88. The number of amidine groups is 1. The summed E-state index contributed by atoms with van der Waals surface area (Å²) >= 11 is 0. The van der Waals surface area contributed by atoms with E-state index in [4.69, 9.17) is 16.0 Å². The van der Waals surface area contributed by atoms with Gasteiger partial charge in [0.15, 0.2) is 5.84 Å². The summed E-state index contributed by atoms with van der Waals surface area (Å²) in [4.78, 5) is 10.4. The van der Waals surface area contributed by atoms with E-state index in [1.807, 2.05) is 0 Å². The van der Waals surface area contributed by atoms with E-state index in [0.717, 1.165) is 5.56 Å². The van der Waals surface area contributed by atoms with Crippen LogP contribution < -0.4 is 11.1 Å². The molecule has 6 nitrogen and oxygen atoms in total. The number of rotatable bonds is 3. The molecule has 0 aliphatic carbocycles. The fourth-order valence-electron chi connectivity index (χ4n) is 1.27. The summed E-state index contributed by atoms with van der Waals surface area (Å²) in [6, 6.07) is 6.44. The lowest BCUT2D eigenvalue weighted by molar-refractivity contribution is 0.191. The van der Waals surface area contributed by atoms with E-state index < -0.39 is 6.09 Å². The van der Waals surface area contributed by atoms with Crippen molar-refractivity contribution in [1.29, 1.82) is 0 Å². The van der Waals surface area contributed by atoms with Gasteiger partial charge in [0.05, 0.1) is 6.04 Å². The van der Waals surface area contributed by atoms with Crippen molar-refractivity contribution < 1.29 is 15.1 Å². The highest BCUT2D eigenvalue weighted by Gasteiger charge is 2.08. The van der Waals surface area contributed by atoms with E-state index in [1.165, 1.54) is 0 Å². The number of hydrogen-bond donors (Lipinski definition) is 4. The Labute approximate surface area is 92.4 Å². The summed E-state index contributed by atoms with van der Waals surface area (Å²) < 4.78 is 0. The van der Waals surface area contributed by atoms with Crippen LogP contribution in [0, 0.1) is 0 Å². The summed E-state index contributed by atoms with van der Waals surface area (Å²) in [7, 11) is 0. The van der Waals surface area contributed by atoms with Crippen molar-refractivity contribution in [1.82, 2.24) is 5.32 Å². The number of oxime groups is 1. The molecule has 1 atom stereocenters. The molecular formula is C10H13N3O3. The van der Waals surface area contributed by atoms with Gasteiger partial charge in [0.25, 0.3) is 0 Å². The lowest BCUT2D eigenvalue weighted by Crippen LogP contribution is -2.24. The van der Waals surface area contributed by atoms with Gasteiger partial charge in [-0.3, -0.25) is 0 Å². The number of nitrogens with two attached hydrogens (primary N) is 1. The first kappa shape index (κ1) is 11.8. The van der Waals surface area contributed by atoms with Crippen LogP contribution in [0.4, 0.5) is 4.79 Å². The van der Waals surface area contributed by atoms with Gasteiger partial charge in [-0.15, -0.1) is 0 Å². The van der Waals surface area contributed by atoms with E-state index in [1.54, 1.807) is 31.2 Å². The molecule has 5 N–H and O–H groups in total. The van der Waals surface area contributed by atoms with Gasteiger partial charge in [0, 0.05) is 5.56 Å². The first-order valence-corrected chi connectivity index (χ1v) is 4.62. The number of carboxylic acid groups (broad SMARTS) is 1. The minimum atomic E-state index is -1.08. The van der Waals surface area contributed by atoms with E-state index in [-0.39, 0.29) is 11.9 Å². The minimum absolute atomic E-state index is 0.0189. The second kappa shape index (κ2) is 5.01. The fourth-order valence-corrected chi connectivity index (χ4v) is 1.27. The zero-order valence-corrected chi connectivity index (χ0v) is 8.71. The van der Waals surface area contributed by atoms with Crippen LogP contribution in [0.5, 0.6) is 0 Å². The van der Waals surface area contributed by atoms with Crippen LogP contribution in [0.3, 0.4) is 0 Å². The molecule has 0 bridgehead atoms. The van der Waals surface area contributed by atoms with E-state index >= 15 is 0 Å². The Morgan fingerprint density at radius 3 is 2.44 bits per heavy atom. The smallest absolute Gasteiger partial charge is 0.405 e. The molecule has 0 heterocycles. The van der Waals surface area contributed by atoms with E-state index in [2.05, 4.69) is 10.5 Å². The van der Waals surface area contributed by atoms with Crippen LogP contribution >= 0.6 is 0 Å². The Bertz CT molecular complexity index is 400. The molecule has 86 valence electrons.